The van der Waals surface area contributed by atoms with Gasteiger partial charge >= 0.3 is 0 Å². The Hall–Kier alpha value is -2.30. The van der Waals surface area contributed by atoms with E-state index in [1.807, 2.05) is 38.2 Å². The first-order chi connectivity index (χ1) is 10.6. The molecule has 22 heavy (non-hydrogen) atoms. The average molecular weight is 298 g/mol. The van der Waals surface area contributed by atoms with Gasteiger partial charge < -0.3 is 10.6 Å². The maximum atomic E-state index is 12.2. The standard InChI is InChI=1S/C17H22N4O/c1-12-10-16(20-21(12)2)17(22)19-15-9-5-8-14(11-15)18-13-6-3-4-7-13/h5,8-11,13,18H,3-4,6-7H2,1-2H3,(H,19,22). The van der Waals surface area contributed by atoms with Crippen molar-refractivity contribution >= 4 is 17.3 Å². The Labute approximate surface area is 130 Å². The van der Waals surface area contributed by atoms with E-state index in [1.165, 1.54) is 25.7 Å². The summed E-state index contributed by atoms with van der Waals surface area (Å²) in [4.78, 5) is 12.2. The SMILES string of the molecule is Cc1cc(C(=O)Nc2cccc(NC3CCCC3)c2)nn1C. The van der Waals surface area contributed by atoms with Gasteiger partial charge in [-0.1, -0.05) is 18.9 Å². The number of aromatic nitrogens is 2. The van der Waals surface area contributed by atoms with E-state index in [1.54, 1.807) is 10.7 Å². The Kier molecular flexibility index (Phi) is 4.13. The van der Waals surface area contributed by atoms with Gasteiger partial charge in [0.1, 0.15) is 0 Å². The first-order valence-corrected chi connectivity index (χ1v) is 7.80. The summed E-state index contributed by atoms with van der Waals surface area (Å²) >= 11 is 0. The second-order valence-corrected chi connectivity index (χ2v) is 5.96. The van der Waals surface area contributed by atoms with Gasteiger partial charge in [-0.15, -0.1) is 0 Å². The fraction of sp³-hybridized carbons (Fsp3) is 0.412. The molecule has 0 bridgehead atoms. The topological polar surface area (TPSA) is 59.0 Å². The van der Waals surface area contributed by atoms with Gasteiger partial charge in [-0.25, -0.2) is 0 Å². The number of nitrogens with zero attached hydrogens (tertiary/aromatic N) is 2. The van der Waals surface area contributed by atoms with Crippen LogP contribution in [0.3, 0.4) is 0 Å². The molecule has 1 aromatic carbocycles. The number of anilines is 2. The van der Waals surface area contributed by atoms with E-state index >= 15 is 0 Å². The maximum Gasteiger partial charge on any atom is 0.276 e. The van der Waals surface area contributed by atoms with Crippen LogP contribution in [0.1, 0.15) is 41.9 Å². The average Bonchev–Trinajstić information content (AvgIpc) is 3.10. The summed E-state index contributed by atoms with van der Waals surface area (Å²) < 4.78 is 1.70. The predicted molar refractivity (Wildman–Crippen MR) is 88.2 cm³/mol. The molecule has 0 atom stereocenters. The van der Waals surface area contributed by atoms with E-state index in [-0.39, 0.29) is 5.91 Å². The number of aryl methyl sites for hydroxylation is 2. The van der Waals surface area contributed by atoms with Gasteiger partial charge in [0.2, 0.25) is 0 Å². The van der Waals surface area contributed by atoms with Crippen molar-refractivity contribution < 1.29 is 4.79 Å². The molecule has 1 amide bonds. The fourth-order valence-corrected chi connectivity index (χ4v) is 2.86. The molecule has 1 aromatic heterocycles. The molecule has 2 N–H and O–H groups in total. The lowest BCUT2D eigenvalue weighted by molar-refractivity contribution is 0.102. The molecule has 1 saturated carbocycles. The van der Waals surface area contributed by atoms with Crippen LogP contribution in [0.4, 0.5) is 11.4 Å². The highest BCUT2D eigenvalue weighted by molar-refractivity contribution is 6.03. The second kappa shape index (κ2) is 6.22. The van der Waals surface area contributed by atoms with E-state index in [0.717, 1.165) is 17.1 Å². The van der Waals surface area contributed by atoms with Crippen molar-refractivity contribution in [1.29, 1.82) is 0 Å². The molecule has 0 aliphatic heterocycles. The summed E-state index contributed by atoms with van der Waals surface area (Å²) in [5.74, 6) is -0.179. The van der Waals surface area contributed by atoms with Gasteiger partial charge in [-0.05, 0) is 44.0 Å². The van der Waals surface area contributed by atoms with Gasteiger partial charge in [0.25, 0.3) is 5.91 Å². The quantitative estimate of drug-likeness (QED) is 0.910. The summed E-state index contributed by atoms with van der Waals surface area (Å²) in [5, 5.41) is 10.6. The number of amides is 1. The summed E-state index contributed by atoms with van der Waals surface area (Å²) in [7, 11) is 1.83. The van der Waals surface area contributed by atoms with Crippen molar-refractivity contribution in [2.75, 3.05) is 10.6 Å². The van der Waals surface area contributed by atoms with Crippen LogP contribution in [0.15, 0.2) is 30.3 Å². The molecule has 5 nitrogen and oxygen atoms in total. The van der Waals surface area contributed by atoms with E-state index < -0.39 is 0 Å². The number of rotatable bonds is 4. The van der Waals surface area contributed by atoms with Gasteiger partial charge in [0.15, 0.2) is 5.69 Å². The van der Waals surface area contributed by atoms with Crippen LogP contribution in [-0.2, 0) is 7.05 Å². The number of hydrogen-bond acceptors (Lipinski definition) is 3. The van der Waals surface area contributed by atoms with Crippen molar-refractivity contribution in [1.82, 2.24) is 9.78 Å². The minimum atomic E-state index is -0.179. The zero-order valence-electron chi connectivity index (χ0n) is 13.1. The molecule has 1 aliphatic carbocycles. The first-order valence-electron chi connectivity index (χ1n) is 7.80. The Morgan fingerprint density at radius 3 is 2.64 bits per heavy atom. The summed E-state index contributed by atoms with van der Waals surface area (Å²) in [6.45, 7) is 1.93. The molecule has 0 spiro atoms. The van der Waals surface area contributed by atoms with Crippen molar-refractivity contribution in [3.63, 3.8) is 0 Å². The molecule has 2 aromatic rings. The fourth-order valence-electron chi connectivity index (χ4n) is 2.86. The third-order valence-electron chi connectivity index (χ3n) is 4.19. The first kappa shape index (κ1) is 14.6. The van der Waals surface area contributed by atoms with E-state index in [0.29, 0.717) is 11.7 Å². The lowest BCUT2D eigenvalue weighted by atomic mass is 10.2. The number of carbonyl (C=O) groups excluding carboxylic acids is 1. The van der Waals surface area contributed by atoms with Crippen molar-refractivity contribution in [2.45, 2.75) is 38.6 Å². The molecule has 3 rings (SSSR count). The van der Waals surface area contributed by atoms with Gasteiger partial charge in [0, 0.05) is 30.2 Å². The minimum Gasteiger partial charge on any atom is -0.382 e. The molecule has 1 fully saturated rings. The van der Waals surface area contributed by atoms with Crippen LogP contribution in [0, 0.1) is 6.92 Å². The van der Waals surface area contributed by atoms with E-state index in [9.17, 15) is 4.79 Å². The highest BCUT2D eigenvalue weighted by atomic mass is 16.1. The molecular formula is C17H22N4O. The lowest BCUT2D eigenvalue weighted by Gasteiger charge is -2.14. The summed E-state index contributed by atoms with van der Waals surface area (Å²) in [6.07, 6.45) is 5.05. The molecule has 1 aliphatic rings. The lowest BCUT2D eigenvalue weighted by Crippen LogP contribution is -2.15. The van der Waals surface area contributed by atoms with Gasteiger partial charge in [-0.3, -0.25) is 9.48 Å². The monoisotopic (exact) mass is 298 g/mol. The number of nitrogens with one attached hydrogen (secondary N) is 2. The van der Waals surface area contributed by atoms with Crippen LogP contribution in [0.5, 0.6) is 0 Å². The highest BCUT2D eigenvalue weighted by Gasteiger charge is 2.15. The molecule has 5 heteroatoms. The molecule has 1 heterocycles. The smallest absolute Gasteiger partial charge is 0.276 e. The van der Waals surface area contributed by atoms with E-state index in [4.69, 9.17) is 0 Å². The van der Waals surface area contributed by atoms with Crippen molar-refractivity contribution in [3.05, 3.63) is 41.7 Å². The normalized spacial score (nSPS) is 15.0. The molecule has 0 radical (unpaired) electrons. The number of hydrogen-bond donors (Lipinski definition) is 2. The zero-order chi connectivity index (χ0) is 15.5. The number of benzene rings is 1. The Morgan fingerprint density at radius 2 is 1.95 bits per heavy atom. The third kappa shape index (κ3) is 3.30. The Bertz CT molecular complexity index is 652. The van der Waals surface area contributed by atoms with Crippen molar-refractivity contribution in [3.8, 4) is 0 Å². The summed E-state index contributed by atoms with van der Waals surface area (Å²) in [5.41, 5.74) is 3.24. The van der Waals surface area contributed by atoms with Crippen LogP contribution >= 0.6 is 0 Å². The summed E-state index contributed by atoms with van der Waals surface area (Å²) in [6, 6.07) is 10.2. The van der Waals surface area contributed by atoms with Crippen LogP contribution in [0.25, 0.3) is 0 Å². The van der Waals surface area contributed by atoms with Gasteiger partial charge in [0.05, 0.1) is 0 Å². The Morgan fingerprint density at radius 1 is 1.23 bits per heavy atom. The number of carbonyl (C=O) groups is 1. The largest absolute Gasteiger partial charge is 0.382 e. The van der Waals surface area contributed by atoms with Crippen molar-refractivity contribution in [2.24, 2.45) is 7.05 Å². The minimum absolute atomic E-state index is 0.179. The van der Waals surface area contributed by atoms with Crippen LogP contribution in [-0.4, -0.2) is 21.7 Å². The molecule has 0 unspecified atom stereocenters. The maximum absolute atomic E-state index is 12.2. The van der Waals surface area contributed by atoms with Gasteiger partial charge in [-0.2, -0.15) is 5.10 Å². The molecular weight excluding hydrogens is 276 g/mol. The zero-order valence-corrected chi connectivity index (χ0v) is 13.1. The highest BCUT2D eigenvalue weighted by Crippen LogP contribution is 2.24. The third-order valence-corrected chi connectivity index (χ3v) is 4.19. The van der Waals surface area contributed by atoms with E-state index in [2.05, 4.69) is 15.7 Å². The van der Waals surface area contributed by atoms with Crippen LogP contribution in [0.2, 0.25) is 0 Å². The van der Waals surface area contributed by atoms with Crippen LogP contribution < -0.4 is 10.6 Å². The second-order valence-electron chi connectivity index (χ2n) is 5.96. The predicted octanol–water partition coefficient (Wildman–Crippen LogP) is 3.34. The Balaban J connectivity index is 1.68. The molecule has 116 valence electrons. The molecule has 0 saturated heterocycles.